The third kappa shape index (κ3) is 5.33. The Hall–Kier alpha value is -0.340. The van der Waals surface area contributed by atoms with Gasteiger partial charge in [-0.15, -0.1) is 0 Å². The molecule has 0 saturated carbocycles. The predicted octanol–water partition coefficient (Wildman–Crippen LogP) is 3.57. The van der Waals surface area contributed by atoms with Gasteiger partial charge in [0.05, 0.1) is 0 Å². The summed E-state index contributed by atoms with van der Waals surface area (Å²) in [5.41, 5.74) is 4.10. The summed E-state index contributed by atoms with van der Waals surface area (Å²) in [6, 6.07) is 6.73. The minimum atomic E-state index is 0.991. The van der Waals surface area contributed by atoms with Gasteiger partial charge in [-0.05, 0) is 38.8 Å². The number of alkyl halides is 1. The van der Waals surface area contributed by atoms with Gasteiger partial charge in [-0.3, -0.25) is 0 Å². The van der Waals surface area contributed by atoms with E-state index in [1.165, 1.54) is 29.5 Å². The number of rotatable bonds is 6. The Morgan fingerprint density at radius 2 is 1.73 bits per heavy atom. The third-order valence-electron chi connectivity index (χ3n) is 2.35. The van der Waals surface area contributed by atoms with Gasteiger partial charge in [-0.25, -0.2) is 0 Å². The second kappa shape index (κ2) is 7.02. The average Bonchev–Trinajstić information content (AvgIpc) is 2.16. The molecule has 0 heterocycles. The van der Waals surface area contributed by atoms with Gasteiger partial charge in [0, 0.05) is 11.9 Å². The van der Waals surface area contributed by atoms with Crippen LogP contribution in [0.25, 0.3) is 0 Å². The van der Waals surface area contributed by atoms with Crippen LogP contribution in [-0.2, 0) is 6.54 Å². The number of unbranched alkanes of at least 4 members (excludes halogenated alkanes) is 1. The summed E-state index contributed by atoms with van der Waals surface area (Å²) < 4.78 is 0. The van der Waals surface area contributed by atoms with E-state index < -0.39 is 0 Å². The fourth-order valence-electron chi connectivity index (χ4n) is 1.75. The summed E-state index contributed by atoms with van der Waals surface area (Å²) in [5.74, 6) is 0. The Kier molecular flexibility index (Phi) is 5.96. The molecule has 15 heavy (non-hydrogen) atoms. The average molecular weight is 270 g/mol. The highest BCUT2D eigenvalue weighted by Crippen LogP contribution is 2.08. The molecule has 0 aliphatic heterocycles. The number of aryl methyl sites for hydroxylation is 2. The van der Waals surface area contributed by atoms with E-state index in [0.717, 1.165) is 18.4 Å². The van der Waals surface area contributed by atoms with Crippen molar-refractivity contribution in [3.8, 4) is 0 Å². The van der Waals surface area contributed by atoms with Crippen molar-refractivity contribution in [2.24, 2.45) is 0 Å². The fraction of sp³-hybridized carbons (Fsp3) is 0.538. The largest absolute Gasteiger partial charge is 0.313 e. The molecule has 0 atom stereocenters. The Morgan fingerprint density at radius 1 is 1.07 bits per heavy atom. The maximum Gasteiger partial charge on any atom is 0.0205 e. The lowest BCUT2D eigenvalue weighted by Gasteiger charge is -2.06. The fourth-order valence-corrected chi connectivity index (χ4v) is 2.14. The Morgan fingerprint density at radius 3 is 2.33 bits per heavy atom. The summed E-state index contributed by atoms with van der Waals surface area (Å²) >= 11 is 3.44. The molecular weight excluding hydrogens is 250 g/mol. The number of halogens is 1. The molecule has 0 fully saturated rings. The minimum absolute atomic E-state index is 0.991. The van der Waals surface area contributed by atoms with Crippen LogP contribution >= 0.6 is 15.9 Å². The Bertz CT molecular complexity index is 276. The van der Waals surface area contributed by atoms with Gasteiger partial charge in [0.25, 0.3) is 0 Å². The van der Waals surface area contributed by atoms with Gasteiger partial charge >= 0.3 is 0 Å². The molecule has 84 valence electrons. The maximum atomic E-state index is 3.47. The molecule has 0 unspecified atom stereocenters. The van der Waals surface area contributed by atoms with Gasteiger partial charge < -0.3 is 5.32 Å². The molecule has 1 aromatic carbocycles. The van der Waals surface area contributed by atoms with Crippen LogP contribution in [0.4, 0.5) is 0 Å². The molecule has 1 N–H and O–H groups in total. The van der Waals surface area contributed by atoms with Gasteiger partial charge in [0.2, 0.25) is 0 Å². The predicted molar refractivity (Wildman–Crippen MR) is 70.7 cm³/mol. The molecule has 0 bridgehead atoms. The normalized spacial score (nSPS) is 10.6. The van der Waals surface area contributed by atoms with E-state index in [0.29, 0.717) is 0 Å². The summed E-state index contributed by atoms with van der Waals surface area (Å²) in [6.07, 6.45) is 2.50. The highest BCUT2D eigenvalue weighted by molar-refractivity contribution is 9.09. The molecule has 0 spiro atoms. The van der Waals surface area contributed by atoms with Gasteiger partial charge in [0.15, 0.2) is 0 Å². The van der Waals surface area contributed by atoms with Crippen LogP contribution in [0, 0.1) is 13.8 Å². The lowest BCUT2D eigenvalue weighted by Crippen LogP contribution is -2.14. The molecule has 0 radical (unpaired) electrons. The summed E-state index contributed by atoms with van der Waals surface area (Å²) in [4.78, 5) is 0. The molecule has 1 nitrogen and oxygen atoms in total. The Labute approximate surface area is 101 Å². The van der Waals surface area contributed by atoms with E-state index in [-0.39, 0.29) is 0 Å². The first-order valence-corrected chi connectivity index (χ1v) is 6.68. The SMILES string of the molecule is Cc1cc(C)cc(CNCCCCBr)c1. The lowest BCUT2D eigenvalue weighted by atomic mass is 10.1. The molecule has 0 aromatic heterocycles. The highest BCUT2D eigenvalue weighted by atomic mass is 79.9. The van der Waals surface area contributed by atoms with Crippen LogP contribution in [-0.4, -0.2) is 11.9 Å². The number of benzene rings is 1. The Balaban J connectivity index is 2.31. The zero-order valence-corrected chi connectivity index (χ0v) is 11.2. The van der Waals surface area contributed by atoms with Crippen molar-refractivity contribution in [2.75, 3.05) is 11.9 Å². The molecule has 0 amide bonds. The second-order valence-electron chi connectivity index (χ2n) is 4.07. The van der Waals surface area contributed by atoms with Crippen molar-refractivity contribution in [2.45, 2.75) is 33.2 Å². The van der Waals surface area contributed by atoms with Crippen molar-refractivity contribution < 1.29 is 0 Å². The molecule has 0 aliphatic carbocycles. The van der Waals surface area contributed by atoms with Crippen LogP contribution in [0.2, 0.25) is 0 Å². The first-order chi connectivity index (χ1) is 7.22. The first kappa shape index (κ1) is 12.7. The molecule has 1 rings (SSSR count). The first-order valence-electron chi connectivity index (χ1n) is 5.56. The van der Waals surface area contributed by atoms with Gasteiger partial charge in [-0.2, -0.15) is 0 Å². The maximum absolute atomic E-state index is 3.47. The van der Waals surface area contributed by atoms with E-state index in [1.54, 1.807) is 0 Å². The monoisotopic (exact) mass is 269 g/mol. The van der Waals surface area contributed by atoms with E-state index in [2.05, 4.69) is 53.3 Å². The van der Waals surface area contributed by atoms with Crippen molar-refractivity contribution in [1.29, 1.82) is 0 Å². The van der Waals surface area contributed by atoms with Crippen LogP contribution < -0.4 is 5.32 Å². The van der Waals surface area contributed by atoms with Crippen LogP contribution in [0.15, 0.2) is 18.2 Å². The summed E-state index contributed by atoms with van der Waals surface area (Å²) in [6.45, 7) is 6.41. The van der Waals surface area contributed by atoms with Crippen LogP contribution in [0.1, 0.15) is 29.5 Å². The number of hydrogen-bond donors (Lipinski definition) is 1. The molecule has 0 aliphatic rings. The van der Waals surface area contributed by atoms with Crippen molar-refractivity contribution in [3.05, 3.63) is 34.9 Å². The quantitative estimate of drug-likeness (QED) is 0.615. The zero-order chi connectivity index (χ0) is 11.1. The molecule has 0 saturated heterocycles. The highest BCUT2D eigenvalue weighted by Gasteiger charge is 1.95. The smallest absolute Gasteiger partial charge is 0.0205 e. The van der Waals surface area contributed by atoms with Crippen molar-refractivity contribution >= 4 is 15.9 Å². The molecule has 1 aromatic rings. The van der Waals surface area contributed by atoms with Crippen molar-refractivity contribution in [3.63, 3.8) is 0 Å². The standard InChI is InChI=1S/C13H20BrN/c1-11-7-12(2)9-13(8-11)10-15-6-4-3-5-14/h7-9,15H,3-6,10H2,1-2H3. The van der Waals surface area contributed by atoms with Gasteiger partial charge in [-0.1, -0.05) is 45.3 Å². The minimum Gasteiger partial charge on any atom is -0.313 e. The van der Waals surface area contributed by atoms with E-state index in [4.69, 9.17) is 0 Å². The van der Waals surface area contributed by atoms with E-state index >= 15 is 0 Å². The van der Waals surface area contributed by atoms with Crippen LogP contribution in [0.5, 0.6) is 0 Å². The topological polar surface area (TPSA) is 12.0 Å². The van der Waals surface area contributed by atoms with Gasteiger partial charge in [0.1, 0.15) is 0 Å². The zero-order valence-electron chi connectivity index (χ0n) is 9.65. The lowest BCUT2D eigenvalue weighted by molar-refractivity contribution is 0.644. The number of nitrogens with one attached hydrogen (secondary N) is 1. The summed E-state index contributed by atoms with van der Waals surface area (Å²) in [5, 5.41) is 4.58. The molecule has 2 heteroatoms. The van der Waals surface area contributed by atoms with Crippen molar-refractivity contribution in [1.82, 2.24) is 5.32 Å². The number of hydrogen-bond acceptors (Lipinski definition) is 1. The van der Waals surface area contributed by atoms with Crippen LogP contribution in [0.3, 0.4) is 0 Å². The van der Waals surface area contributed by atoms with E-state index in [1.807, 2.05) is 0 Å². The molecular formula is C13H20BrN. The third-order valence-corrected chi connectivity index (χ3v) is 2.91. The second-order valence-corrected chi connectivity index (χ2v) is 4.86. The van der Waals surface area contributed by atoms with E-state index in [9.17, 15) is 0 Å². The summed E-state index contributed by atoms with van der Waals surface area (Å²) in [7, 11) is 0.